The number of anilines is 1. The number of hydrogen-bond acceptors (Lipinski definition) is 6. The first-order valence-electron chi connectivity index (χ1n) is 4.87. The van der Waals surface area contributed by atoms with Gasteiger partial charge in [0.15, 0.2) is 5.82 Å². The van der Waals surface area contributed by atoms with E-state index in [0.717, 1.165) is 0 Å². The van der Waals surface area contributed by atoms with E-state index < -0.39 is 0 Å². The number of hydrogen-bond donors (Lipinski definition) is 1. The molecule has 0 saturated carbocycles. The molecule has 0 atom stereocenters. The van der Waals surface area contributed by atoms with Crippen LogP contribution in [0.2, 0.25) is 0 Å². The van der Waals surface area contributed by atoms with Crippen LogP contribution in [0.15, 0.2) is 16.9 Å². The van der Waals surface area contributed by atoms with Crippen LogP contribution in [0.4, 0.5) is 5.69 Å². The maximum absolute atomic E-state index is 5.55. The number of nitrogens with zero attached hydrogens (tertiary/aromatic N) is 5. The number of nitrogens with two attached hydrogens (primary N) is 1. The molecule has 2 rings (SSSR count). The van der Waals surface area contributed by atoms with Crippen LogP contribution in [-0.4, -0.2) is 38.9 Å². The minimum absolute atomic E-state index is 0.442. The normalized spacial score (nSPS) is 11.2. The van der Waals surface area contributed by atoms with E-state index in [1.807, 2.05) is 19.0 Å². The van der Waals surface area contributed by atoms with Crippen LogP contribution < -0.4 is 5.73 Å². The lowest BCUT2D eigenvalue weighted by molar-refractivity contribution is 0.343. The van der Waals surface area contributed by atoms with Gasteiger partial charge >= 0.3 is 0 Å². The summed E-state index contributed by atoms with van der Waals surface area (Å²) in [6.07, 6.45) is 3.30. The van der Waals surface area contributed by atoms with Gasteiger partial charge in [-0.2, -0.15) is 10.1 Å². The summed E-state index contributed by atoms with van der Waals surface area (Å²) in [4.78, 5) is 6.21. The van der Waals surface area contributed by atoms with Gasteiger partial charge in [-0.25, -0.2) is 0 Å². The predicted octanol–water partition coefficient (Wildman–Crippen LogP) is -0.0418. The van der Waals surface area contributed by atoms with Crippen molar-refractivity contribution >= 4 is 5.69 Å². The monoisotopic (exact) mass is 222 g/mol. The fourth-order valence-corrected chi connectivity index (χ4v) is 1.31. The van der Waals surface area contributed by atoms with E-state index in [9.17, 15) is 0 Å². The Labute approximate surface area is 92.8 Å². The highest BCUT2D eigenvalue weighted by molar-refractivity contribution is 5.30. The van der Waals surface area contributed by atoms with Crippen molar-refractivity contribution in [3.63, 3.8) is 0 Å². The average molecular weight is 222 g/mol. The molecule has 0 saturated heterocycles. The summed E-state index contributed by atoms with van der Waals surface area (Å²) in [5.74, 6) is 1.19. The number of aromatic nitrogens is 4. The highest BCUT2D eigenvalue weighted by atomic mass is 16.5. The lowest BCUT2D eigenvalue weighted by Gasteiger charge is -2.03. The van der Waals surface area contributed by atoms with Gasteiger partial charge in [-0.1, -0.05) is 5.16 Å². The molecule has 0 amide bonds. The van der Waals surface area contributed by atoms with E-state index in [1.54, 1.807) is 17.1 Å². The summed E-state index contributed by atoms with van der Waals surface area (Å²) < 4.78 is 6.74. The second-order valence-corrected chi connectivity index (χ2v) is 3.81. The van der Waals surface area contributed by atoms with Crippen molar-refractivity contribution in [2.75, 3.05) is 19.8 Å². The molecule has 2 N–H and O–H groups in total. The highest BCUT2D eigenvalue weighted by Crippen LogP contribution is 2.04. The Morgan fingerprint density at radius 3 is 2.94 bits per heavy atom. The first kappa shape index (κ1) is 10.6. The van der Waals surface area contributed by atoms with Gasteiger partial charge in [-0.05, 0) is 14.1 Å². The van der Waals surface area contributed by atoms with Crippen molar-refractivity contribution in [2.24, 2.45) is 0 Å². The lowest BCUT2D eigenvalue weighted by Crippen LogP contribution is -2.11. The van der Waals surface area contributed by atoms with Crippen LogP contribution >= 0.6 is 0 Å². The smallest absolute Gasteiger partial charge is 0.248 e. The molecule has 0 unspecified atom stereocenters. The Bertz CT molecular complexity index is 460. The standard InChI is InChI=1S/C9H14N6O/c1-14(2)5-8-12-9(16-13-8)6-15-4-7(10)3-11-15/h3-4H,5-6,10H2,1-2H3. The minimum Gasteiger partial charge on any atom is -0.396 e. The van der Waals surface area contributed by atoms with Gasteiger partial charge in [0.2, 0.25) is 5.89 Å². The van der Waals surface area contributed by atoms with E-state index in [4.69, 9.17) is 10.3 Å². The van der Waals surface area contributed by atoms with Crippen molar-refractivity contribution in [2.45, 2.75) is 13.1 Å². The summed E-state index contributed by atoms with van der Waals surface area (Å²) >= 11 is 0. The summed E-state index contributed by atoms with van der Waals surface area (Å²) in [5.41, 5.74) is 6.17. The van der Waals surface area contributed by atoms with Gasteiger partial charge in [-0.15, -0.1) is 0 Å². The van der Waals surface area contributed by atoms with E-state index in [1.165, 1.54) is 0 Å². The highest BCUT2D eigenvalue weighted by Gasteiger charge is 2.08. The Kier molecular flexibility index (Phi) is 2.86. The first-order valence-corrected chi connectivity index (χ1v) is 4.87. The maximum Gasteiger partial charge on any atom is 0.248 e. The fourth-order valence-electron chi connectivity index (χ4n) is 1.31. The van der Waals surface area contributed by atoms with Crippen LogP contribution in [0.5, 0.6) is 0 Å². The van der Waals surface area contributed by atoms with Gasteiger partial charge in [0.05, 0.1) is 18.4 Å². The Balaban J connectivity index is 2.02. The largest absolute Gasteiger partial charge is 0.396 e. The van der Waals surface area contributed by atoms with Crippen molar-refractivity contribution in [1.29, 1.82) is 0 Å². The van der Waals surface area contributed by atoms with Crippen LogP contribution in [0, 0.1) is 0 Å². The molecule has 0 aliphatic carbocycles. The third-order valence-electron chi connectivity index (χ3n) is 1.92. The van der Waals surface area contributed by atoms with Gasteiger partial charge in [0, 0.05) is 6.20 Å². The predicted molar refractivity (Wildman–Crippen MR) is 57.4 cm³/mol. The zero-order valence-corrected chi connectivity index (χ0v) is 9.29. The Morgan fingerprint density at radius 2 is 2.31 bits per heavy atom. The van der Waals surface area contributed by atoms with Gasteiger partial charge in [0.1, 0.15) is 6.54 Å². The molecule has 7 heteroatoms. The van der Waals surface area contributed by atoms with Crippen molar-refractivity contribution in [3.05, 3.63) is 24.1 Å². The van der Waals surface area contributed by atoms with Gasteiger partial charge in [0.25, 0.3) is 0 Å². The topological polar surface area (TPSA) is 86.0 Å². The first-order chi connectivity index (χ1) is 7.63. The van der Waals surface area contributed by atoms with Crippen molar-refractivity contribution in [1.82, 2.24) is 24.8 Å². The molecule has 2 aromatic heterocycles. The van der Waals surface area contributed by atoms with E-state index in [-0.39, 0.29) is 0 Å². The molecule has 0 aliphatic rings. The molecule has 0 fully saturated rings. The second-order valence-electron chi connectivity index (χ2n) is 3.81. The van der Waals surface area contributed by atoms with Crippen LogP contribution in [0.1, 0.15) is 11.7 Å². The molecule has 7 nitrogen and oxygen atoms in total. The van der Waals surface area contributed by atoms with Crippen LogP contribution in [0.3, 0.4) is 0 Å². The molecule has 0 aromatic carbocycles. The molecular weight excluding hydrogens is 208 g/mol. The molecule has 0 aliphatic heterocycles. The second kappa shape index (κ2) is 4.31. The van der Waals surface area contributed by atoms with Crippen molar-refractivity contribution in [3.8, 4) is 0 Å². The van der Waals surface area contributed by atoms with E-state index in [0.29, 0.717) is 30.5 Å². The molecule has 2 aromatic rings. The van der Waals surface area contributed by atoms with Crippen LogP contribution in [0.25, 0.3) is 0 Å². The molecule has 0 radical (unpaired) electrons. The number of rotatable bonds is 4. The Morgan fingerprint density at radius 1 is 1.50 bits per heavy atom. The molecule has 0 bridgehead atoms. The number of nitrogen functional groups attached to an aromatic ring is 1. The molecule has 16 heavy (non-hydrogen) atoms. The van der Waals surface area contributed by atoms with Gasteiger partial charge < -0.3 is 15.2 Å². The Hall–Kier alpha value is -1.89. The third-order valence-corrected chi connectivity index (χ3v) is 1.92. The minimum atomic E-state index is 0.442. The SMILES string of the molecule is CN(C)Cc1noc(Cn2cc(N)cn2)n1. The summed E-state index contributed by atoms with van der Waals surface area (Å²) in [5, 5.41) is 7.89. The fraction of sp³-hybridized carbons (Fsp3) is 0.444. The molecule has 0 spiro atoms. The van der Waals surface area contributed by atoms with Crippen LogP contribution in [-0.2, 0) is 13.1 Å². The lowest BCUT2D eigenvalue weighted by atomic mass is 10.5. The third kappa shape index (κ3) is 2.57. The van der Waals surface area contributed by atoms with E-state index in [2.05, 4.69) is 15.2 Å². The maximum atomic E-state index is 5.55. The van der Waals surface area contributed by atoms with E-state index >= 15 is 0 Å². The summed E-state index contributed by atoms with van der Waals surface area (Å²) in [7, 11) is 3.90. The van der Waals surface area contributed by atoms with Crippen molar-refractivity contribution < 1.29 is 4.52 Å². The molecule has 86 valence electrons. The zero-order chi connectivity index (χ0) is 11.5. The molecule has 2 heterocycles. The summed E-state index contributed by atoms with van der Waals surface area (Å²) in [6.45, 7) is 1.10. The quantitative estimate of drug-likeness (QED) is 0.781. The summed E-state index contributed by atoms with van der Waals surface area (Å²) in [6, 6.07) is 0. The molecular formula is C9H14N6O. The average Bonchev–Trinajstić information content (AvgIpc) is 2.76. The zero-order valence-electron chi connectivity index (χ0n) is 9.29. The van der Waals surface area contributed by atoms with Gasteiger partial charge in [-0.3, -0.25) is 4.68 Å².